The second-order valence-corrected chi connectivity index (χ2v) is 9.08. The lowest BCUT2D eigenvalue weighted by molar-refractivity contribution is 0.00701. The molecule has 2 aliphatic heterocycles. The van der Waals surface area contributed by atoms with E-state index in [-0.39, 0.29) is 12.1 Å². The first-order valence-corrected chi connectivity index (χ1v) is 11.0. The Kier molecular flexibility index (Phi) is 7.39. The smallest absolute Gasteiger partial charge is 0.410 e. The third-order valence-corrected chi connectivity index (χ3v) is 5.30. The molecule has 166 valence electrons. The Morgan fingerprint density at radius 1 is 1.20 bits per heavy atom. The molecule has 1 amide bonds. The normalized spacial score (nSPS) is 18.5. The quantitative estimate of drug-likeness (QED) is 0.580. The summed E-state index contributed by atoms with van der Waals surface area (Å²) in [4.78, 5) is 25.1. The van der Waals surface area contributed by atoms with Crippen LogP contribution in [0.15, 0.2) is 23.3 Å². The number of rotatable bonds is 4. The molecule has 3 rings (SSSR count). The van der Waals surface area contributed by atoms with E-state index in [0.29, 0.717) is 19.6 Å². The number of hydrogen-bond acceptors (Lipinski definition) is 5. The number of anilines is 1. The second kappa shape index (κ2) is 10.00. The first-order chi connectivity index (χ1) is 14.3. The number of nitrogens with one attached hydrogen (secondary N) is 2. The van der Waals surface area contributed by atoms with E-state index in [4.69, 9.17) is 4.74 Å². The summed E-state index contributed by atoms with van der Waals surface area (Å²) in [5.74, 6) is 1.79. The van der Waals surface area contributed by atoms with Gasteiger partial charge in [-0.3, -0.25) is 4.99 Å². The van der Waals surface area contributed by atoms with Gasteiger partial charge in [0.2, 0.25) is 0 Å². The Morgan fingerprint density at radius 2 is 1.90 bits per heavy atom. The number of likely N-dealkylation sites (tertiary alicyclic amines) is 1. The lowest BCUT2D eigenvalue weighted by Crippen LogP contribution is -2.63. The molecular weight excluding hydrogens is 380 g/mol. The topological polar surface area (TPSA) is 82.1 Å². The van der Waals surface area contributed by atoms with Gasteiger partial charge in [0.25, 0.3) is 0 Å². The van der Waals surface area contributed by atoms with Crippen LogP contribution in [-0.2, 0) is 11.3 Å². The molecular formula is C22H36N6O2. The molecule has 0 bridgehead atoms. The van der Waals surface area contributed by atoms with Crippen LogP contribution in [0.1, 0.15) is 52.0 Å². The minimum atomic E-state index is -0.468. The van der Waals surface area contributed by atoms with Gasteiger partial charge >= 0.3 is 6.09 Å². The second-order valence-electron chi connectivity index (χ2n) is 9.08. The first kappa shape index (κ1) is 22.2. The summed E-state index contributed by atoms with van der Waals surface area (Å²) in [6.45, 7) is 9.70. The van der Waals surface area contributed by atoms with Gasteiger partial charge in [0.15, 0.2) is 5.96 Å². The fourth-order valence-electron chi connectivity index (χ4n) is 3.63. The summed E-state index contributed by atoms with van der Waals surface area (Å²) in [7, 11) is 1.75. The van der Waals surface area contributed by atoms with Gasteiger partial charge in [-0.15, -0.1) is 0 Å². The van der Waals surface area contributed by atoms with E-state index in [9.17, 15) is 4.79 Å². The maximum absolute atomic E-state index is 12.0. The predicted molar refractivity (Wildman–Crippen MR) is 120 cm³/mol. The van der Waals surface area contributed by atoms with Crippen molar-refractivity contribution in [2.24, 2.45) is 4.99 Å². The van der Waals surface area contributed by atoms with Crippen molar-refractivity contribution in [3.05, 3.63) is 23.9 Å². The monoisotopic (exact) mass is 416 g/mol. The van der Waals surface area contributed by atoms with Crippen molar-refractivity contribution in [3.8, 4) is 0 Å². The maximum Gasteiger partial charge on any atom is 0.410 e. The van der Waals surface area contributed by atoms with E-state index >= 15 is 0 Å². The molecule has 2 saturated heterocycles. The van der Waals surface area contributed by atoms with Crippen molar-refractivity contribution in [2.45, 2.75) is 64.6 Å². The molecule has 0 saturated carbocycles. The lowest BCUT2D eigenvalue weighted by Gasteiger charge is -2.40. The van der Waals surface area contributed by atoms with Gasteiger partial charge < -0.3 is 25.2 Å². The highest BCUT2D eigenvalue weighted by Crippen LogP contribution is 2.18. The Labute approximate surface area is 180 Å². The molecule has 0 aliphatic carbocycles. The predicted octanol–water partition coefficient (Wildman–Crippen LogP) is 2.75. The van der Waals surface area contributed by atoms with Crippen LogP contribution in [0.4, 0.5) is 10.6 Å². The van der Waals surface area contributed by atoms with Crippen LogP contribution in [0, 0.1) is 0 Å². The Hall–Kier alpha value is -2.51. The Balaban J connectivity index is 1.41. The lowest BCUT2D eigenvalue weighted by atomic mass is 10.1. The van der Waals surface area contributed by atoms with Gasteiger partial charge in [0.1, 0.15) is 11.4 Å². The number of nitrogens with zero attached hydrogens (tertiary/aromatic N) is 4. The first-order valence-electron chi connectivity index (χ1n) is 11.0. The van der Waals surface area contributed by atoms with Crippen LogP contribution in [0.25, 0.3) is 0 Å². The molecule has 1 aromatic rings. The molecule has 0 aromatic carbocycles. The van der Waals surface area contributed by atoms with Gasteiger partial charge in [-0.25, -0.2) is 9.78 Å². The van der Waals surface area contributed by atoms with E-state index in [2.05, 4.69) is 37.6 Å². The minimum Gasteiger partial charge on any atom is -0.444 e. The zero-order valence-corrected chi connectivity index (χ0v) is 18.8. The summed E-state index contributed by atoms with van der Waals surface area (Å²) in [6, 6.07) is 4.41. The largest absolute Gasteiger partial charge is 0.444 e. The molecule has 0 spiro atoms. The molecule has 1 aromatic heterocycles. The SMILES string of the molecule is CN=C(NCc1ccc(N2CCCCCC2)nc1)NC1CN(C(=O)OC(C)(C)C)C1. The zero-order valence-electron chi connectivity index (χ0n) is 18.8. The summed E-state index contributed by atoms with van der Waals surface area (Å²) < 4.78 is 5.39. The molecule has 30 heavy (non-hydrogen) atoms. The molecule has 3 heterocycles. The van der Waals surface area contributed by atoms with Gasteiger partial charge in [0, 0.05) is 46.0 Å². The highest BCUT2D eigenvalue weighted by atomic mass is 16.6. The molecule has 0 atom stereocenters. The Morgan fingerprint density at radius 3 is 2.47 bits per heavy atom. The van der Waals surface area contributed by atoms with Gasteiger partial charge in [-0.05, 0) is 45.2 Å². The highest BCUT2D eigenvalue weighted by molar-refractivity contribution is 5.80. The fraction of sp³-hybridized carbons (Fsp3) is 0.682. The maximum atomic E-state index is 12.0. The summed E-state index contributed by atoms with van der Waals surface area (Å²) in [6.07, 6.45) is 6.81. The molecule has 8 heteroatoms. The van der Waals surface area contributed by atoms with E-state index < -0.39 is 5.60 Å². The van der Waals surface area contributed by atoms with E-state index in [1.165, 1.54) is 25.7 Å². The highest BCUT2D eigenvalue weighted by Gasteiger charge is 2.34. The number of aromatic nitrogens is 1. The number of guanidine groups is 1. The van der Waals surface area contributed by atoms with Gasteiger partial charge in [0.05, 0.1) is 6.04 Å². The van der Waals surface area contributed by atoms with E-state index in [0.717, 1.165) is 30.4 Å². The third-order valence-electron chi connectivity index (χ3n) is 5.30. The van der Waals surface area contributed by atoms with Crippen LogP contribution >= 0.6 is 0 Å². The number of hydrogen-bond donors (Lipinski definition) is 2. The van der Waals surface area contributed by atoms with Crippen LogP contribution in [0.5, 0.6) is 0 Å². The van der Waals surface area contributed by atoms with E-state index in [1.807, 2.05) is 27.0 Å². The molecule has 2 fully saturated rings. The third kappa shape index (κ3) is 6.50. The van der Waals surface area contributed by atoms with Crippen LogP contribution < -0.4 is 15.5 Å². The van der Waals surface area contributed by atoms with Crippen molar-refractivity contribution >= 4 is 17.9 Å². The van der Waals surface area contributed by atoms with Crippen molar-refractivity contribution in [1.82, 2.24) is 20.5 Å². The standard InChI is InChI=1S/C22H36N6O2/c1-22(2,3)30-21(29)28-15-18(16-28)26-20(23-4)25-14-17-9-10-19(24-13-17)27-11-7-5-6-8-12-27/h9-10,13,18H,5-8,11-12,14-16H2,1-4H3,(H2,23,25,26). The number of carbonyl (C=O) groups excluding carboxylic acids is 1. The average molecular weight is 417 g/mol. The summed E-state index contributed by atoms with van der Waals surface area (Å²) in [5.41, 5.74) is 0.643. The van der Waals surface area contributed by atoms with E-state index in [1.54, 1.807) is 11.9 Å². The van der Waals surface area contributed by atoms with Crippen LogP contribution in [0.3, 0.4) is 0 Å². The number of carbonyl (C=O) groups is 1. The molecule has 8 nitrogen and oxygen atoms in total. The number of amides is 1. The van der Waals surface area contributed by atoms with Crippen LogP contribution in [0.2, 0.25) is 0 Å². The molecule has 0 radical (unpaired) electrons. The van der Waals surface area contributed by atoms with Gasteiger partial charge in [-0.2, -0.15) is 0 Å². The zero-order chi connectivity index (χ0) is 21.6. The van der Waals surface area contributed by atoms with Crippen molar-refractivity contribution in [2.75, 3.05) is 38.1 Å². The molecule has 0 unspecified atom stereocenters. The number of ether oxygens (including phenoxy) is 1. The van der Waals surface area contributed by atoms with Gasteiger partial charge in [-0.1, -0.05) is 18.9 Å². The van der Waals surface area contributed by atoms with Crippen LogP contribution in [-0.4, -0.2) is 66.8 Å². The van der Waals surface area contributed by atoms with Crippen molar-refractivity contribution in [1.29, 1.82) is 0 Å². The Bertz CT molecular complexity index is 714. The summed E-state index contributed by atoms with van der Waals surface area (Å²) >= 11 is 0. The number of aliphatic imine (C=N–C) groups is 1. The molecule has 2 aliphatic rings. The molecule has 2 N–H and O–H groups in total. The number of pyridine rings is 1. The average Bonchev–Trinajstić information content (AvgIpc) is 2.95. The fourth-order valence-corrected chi connectivity index (χ4v) is 3.63. The van der Waals surface area contributed by atoms with Crippen molar-refractivity contribution in [3.63, 3.8) is 0 Å². The van der Waals surface area contributed by atoms with Crippen molar-refractivity contribution < 1.29 is 9.53 Å². The summed E-state index contributed by atoms with van der Waals surface area (Å²) in [5, 5.41) is 6.68. The minimum absolute atomic E-state index is 0.173.